The molecule has 21 heavy (non-hydrogen) atoms. The molecule has 0 saturated carbocycles. The first-order valence-corrected chi connectivity index (χ1v) is 5.46. The minimum Gasteiger partial charge on any atom is -0.478 e. The lowest BCUT2D eigenvalue weighted by atomic mass is 10.0. The average Bonchev–Trinajstić information content (AvgIpc) is 2.76. The lowest BCUT2D eigenvalue weighted by Gasteiger charge is -1.99. The van der Waals surface area contributed by atoms with E-state index in [0.29, 0.717) is 0 Å². The predicted octanol–water partition coefficient (Wildman–Crippen LogP) is 1.83. The quantitative estimate of drug-likeness (QED) is 0.568. The molecule has 108 valence electrons. The number of nitro groups is 1. The van der Waals surface area contributed by atoms with Crippen molar-refractivity contribution in [3.8, 4) is 11.3 Å². The summed E-state index contributed by atoms with van der Waals surface area (Å²) in [4.78, 5) is 32.2. The average molecular weight is 292 g/mol. The Morgan fingerprint density at radius 1 is 1.10 bits per heavy atom. The minimum absolute atomic E-state index is 0.164. The van der Waals surface area contributed by atoms with E-state index in [1.165, 1.54) is 12.1 Å². The summed E-state index contributed by atoms with van der Waals surface area (Å²) in [7, 11) is 0. The molecule has 0 saturated heterocycles. The highest BCUT2D eigenvalue weighted by Crippen LogP contribution is 2.34. The number of non-ortho nitro benzene ring substituents is 1. The van der Waals surface area contributed by atoms with E-state index < -0.39 is 33.9 Å². The van der Waals surface area contributed by atoms with Gasteiger partial charge in [-0.25, -0.2) is 9.59 Å². The van der Waals surface area contributed by atoms with Crippen LogP contribution < -0.4 is 5.73 Å². The van der Waals surface area contributed by atoms with Gasteiger partial charge in [-0.15, -0.1) is 0 Å². The molecular formula is C12H8N2O7. The lowest BCUT2D eigenvalue weighted by Crippen LogP contribution is -2.07. The third-order valence-corrected chi connectivity index (χ3v) is 2.70. The third-order valence-electron chi connectivity index (χ3n) is 2.70. The highest BCUT2D eigenvalue weighted by molar-refractivity contribution is 6.08. The first-order chi connectivity index (χ1) is 9.82. The lowest BCUT2D eigenvalue weighted by molar-refractivity contribution is -0.384. The zero-order valence-electron chi connectivity index (χ0n) is 10.3. The van der Waals surface area contributed by atoms with Crippen LogP contribution in [0.5, 0.6) is 0 Å². The summed E-state index contributed by atoms with van der Waals surface area (Å²) >= 11 is 0. The van der Waals surface area contributed by atoms with Crippen molar-refractivity contribution in [3.05, 3.63) is 45.5 Å². The van der Waals surface area contributed by atoms with E-state index >= 15 is 0 Å². The molecule has 1 heterocycles. The van der Waals surface area contributed by atoms with Crippen LogP contribution in [0.3, 0.4) is 0 Å². The molecule has 0 unspecified atom stereocenters. The zero-order chi connectivity index (χ0) is 15.7. The SMILES string of the molecule is Nc1oc(-c2ccc([N+](=O)[O-])cc2)c(C(=O)O)c1C(=O)O. The number of aromatic carboxylic acids is 2. The second kappa shape index (κ2) is 4.96. The summed E-state index contributed by atoms with van der Waals surface area (Å²) in [5.74, 6) is -3.89. The number of benzene rings is 1. The Kier molecular flexibility index (Phi) is 3.32. The summed E-state index contributed by atoms with van der Waals surface area (Å²) in [6.45, 7) is 0. The normalized spacial score (nSPS) is 10.3. The van der Waals surface area contributed by atoms with Crippen molar-refractivity contribution in [2.45, 2.75) is 0 Å². The van der Waals surface area contributed by atoms with Gasteiger partial charge in [0.1, 0.15) is 11.1 Å². The molecule has 0 spiro atoms. The fourth-order valence-corrected chi connectivity index (χ4v) is 1.80. The van der Waals surface area contributed by atoms with Gasteiger partial charge in [0.2, 0.25) is 5.88 Å². The van der Waals surface area contributed by atoms with E-state index in [1.54, 1.807) is 0 Å². The molecule has 1 aromatic carbocycles. The molecule has 0 bridgehead atoms. The Morgan fingerprint density at radius 2 is 1.62 bits per heavy atom. The third kappa shape index (κ3) is 2.39. The predicted molar refractivity (Wildman–Crippen MR) is 69.1 cm³/mol. The molecular weight excluding hydrogens is 284 g/mol. The summed E-state index contributed by atoms with van der Waals surface area (Å²) in [6.07, 6.45) is 0. The number of nitrogens with two attached hydrogens (primary N) is 1. The van der Waals surface area contributed by atoms with Gasteiger partial charge in [-0.05, 0) is 12.1 Å². The van der Waals surface area contributed by atoms with Crippen molar-refractivity contribution in [1.82, 2.24) is 0 Å². The number of carboxylic acids is 2. The van der Waals surface area contributed by atoms with Crippen LogP contribution in [-0.2, 0) is 0 Å². The maximum Gasteiger partial charge on any atom is 0.342 e. The number of furan rings is 1. The fourth-order valence-electron chi connectivity index (χ4n) is 1.80. The van der Waals surface area contributed by atoms with Crippen molar-refractivity contribution in [2.24, 2.45) is 0 Å². The van der Waals surface area contributed by atoms with Gasteiger partial charge in [0, 0.05) is 17.7 Å². The molecule has 9 nitrogen and oxygen atoms in total. The van der Waals surface area contributed by atoms with Crippen molar-refractivity contribution in [2.75, 3.05) is 5.73 Å². The Bertz CT molecular complexity index is 746. The number of nitro benzene ring substituents is 1. The summed E-state index contributed by atoms with van der Waals surface area (Å²) < 4.78 is 5.00. The van der Waals surface area contributed by atoms with Crippen LogP contribution in [0.25, 0.3) is 11.3 Å². The summed E-state index contributed by atoms with van der Waals surface area (Å²) in [5.41, 5.74) is 4.08. The second-order valence-corrected chi connectivity index (χ2v) is 3.96. The van der Waals surface area contributed by atoms with E-state index in [9.17, 15) is 19.7 Å². The number of carboxylic acid groups (broad SMARTS) is 2. The largest absolute Gasteiger partial charge is 0.478 e. The monoisotopic (exact) mass is 292 g/mol. The molecule has 0 fully saturated rings. The fraction of sp³-hybridized carbons (Fsp3) is 0. The molecule has 0 aliphatic rings. The van der Waals surface area contributed by atoms with Crippen molar-refractivity contribution in [3.63, 3.8) is 0 Å². The number of hydrogen-bond acceptors (Lipinski definition) is 6. The molecule has 0 aliphatic heterocycles. The number of hydrogen-bond donors (Lipinski definition) is 3. The van der Waals surface area contributed by atoms with Gasteiger partial charge in [0.05, 0.1) is 4.92 Å². The van der Waals surface area contributed by atoms with Crippen LogP contribution in [0.4, 0.5) is 11.6 Å². The van der Waals surface area contributed by atoms with Gasteiger partial charge in [-0.3, -0.25) is 10.1 Å². The molecule has 2 aromatic rings. The summed E-state index contributed by atoms with van der Waals surface area (Å²) in [5, 5.41) is 28.7. The first kappa shape index (κ1) is 14.1. The number of carbonyl (C=O) groups is 2. The number of anilines is 1. The Hall–Kier alpha value is -3.36. The molecule has 2 rings (SSSR count). The maximum absolute atomic E-state index is 11.2. The maximum atomic E-state index is 11.2. The number of nitrogens with zero attached hydrogens (tertiary/aromatic N) is 1. The van der Waals surface area contributed by atoms with Gasteiger partial charge in [-0.1, -0.05) is 0 Å². The van der Waals surface area contributed by atoms with Gasteiger partial charge in [0.25, 0.3) is 5.69 Å². The Labute approximate surface area is 116 Å². The molecule has 0 aliphatic carbocycles. The number of nitrogen functional groups attached to an aromatic ring is 1. The van der Waals surface area contributed by atoms with Crippen molar-refractivity contribution < 1.29 is 29.1 Å². The van der Waals surface area contributed by atoms with E-state index in [-0.39, 0.29) is 17.0 Å². The van der Waals surface area contributed by atoms with Crippen LogP contribution in [-0.4, -0.2) is 27.1 Å². The number of rotatable bonds is 4. The zero-order valence-corrected chi connectivity index (χ0v) is 10.3. The molecule has 9 heteroatoms. The smallest absolute Gasteiger partial charge is 0.342 e. The van der Waals surface area contributed by atoms with Crippen LogP contribution in [0.2, 0.25) is 0 Å². The summed E-state index contributed by atoms with van der Waals surface area (Å²) in [6, 6.07) is 4.77. The van der Waals surface area contributed by atoms with Crippen LogP contribution >= 0.6 is 0 Å². The van der Waals surface area contributed by atoms with Crippen LogP contribution in [0, 0.1) is 10.1 Å². The topological polar surface area (TPSA) is 157 Å². The van der Waals surface area contributed by atoms with E-state index in [0.717, 1.165) is 12.1 Å². The van der Waals surface area contributed by atoms with Gasteiger partial charge >= 0.3 is 11.9 Å². The second-order valence-electron chi connectivity index (χ2n) is 3.96. The Morgan fingerprint density at radius 3 is 2.05 bits per heavy atom. The highest BCUT2D eigenvalue weighted by atomic mass is 16.6. The van der Waals surface area contributed by atoms with Crippen molar-refractivity contribution in [1.29, 1.82) is 0 Å². The van der Waals surface area contributed by atoms with E-state index in [1.807, 2.05) is 0 Å². The Balaban J connectivity index is 2.63. The van der Waals surface area contributed by atoms with Gasteiger partial charge in [-0.2, -0.15) is 0 Å². The van der Waals surface area contributed by atoms with Gasteiger partial charge in [0.15, 0.2) is 5.76 Å². The molecule has 0 amide bonds. The molecule has 0 atom stereocenters. The standard InChI is InChI=1S/C12H8N2O7/c13-10-8(12(17)18)7(11(15)16)9(21-10)5-1-3-6(4-2-5)14(19)20/h1-4H,13H2,(H,15,16)(H,17,18). The van der Waals surface area contributed by atoms with E-state index in [2.05, 4.69) is 0 Å². The minimum atomic E-state index is -1.54. The van der Waals surface area contributed by atoms with Crippen LogP contribution in [0.1, 0.15) is 20.7 Å². The van der Waals surface area contributed by atoms with Gasteiger partial charge < -0.3 is 20.4 Å². The first-order valence-electron chi connectivity index (χ1n) is 5.46. The highest BCUT2D eigenvalue weighted by Gasteiger charge is 2.29. The van der Waals surface area contributed by atoms with Crippen molar-refractivity contribution >= 4 is 23.5 Å². The molecule has 4 N–H and O–H groups in total. The van der Waals surface area contributed by atoms with Crippen LogP contribution in [0.15, 0.2) is 28.7 Å². The molecule has 1 aromatic heterocycles. The molecule has 0 radical (unpaired) electrons. The van der Waals surface area contributed by atoms with E-state index in [4.69, 9.17) is 20.4 Å².